The summed E-state index contributed by atoms with van der Waals surface area (Å²) in [5.74, 6) is 0.584. The first kappa shape index (κ1) is 18.4. The summed E-state index contributed by atoms with van der Waals surface area (Å²) in [7, 11) is 0. The van der Waals surface area contributed by atoms with E-state index in [0.717, 1.165) is 28.9 Å². The van der Waals surface area contributed by atoms with Crippen LogP contribution in [0.5, 0.6) is 0 Å². The lowest BCUT2D eigenvalue weighted by atomic mass is 10.1. The van der Waals surface area contributed by atoms with Gasteiger partial charge in [0.1, 0.15) is 11.6 Å². The van der Waals surface area contributed by atoms with E-state index in [1.54, 1.807) is 6.07 Å². The minimum atomic E-state index is -4.40. The fourth-order valence-electron chi connectivity index (χ4n) is 3.14. The molecule has 142 valence electrons. The minimum Gasteiger partial charge on any atom is -0.340 e. The Kier molecular flexibility index (Phi) is 4.55. The number of aromatic nitrogens is 2. The van der Waals surface area contributed by atoms with Gasteiger partial charge in [0.2, 0.25) is 5.28 Å². The number of fused-ring (bicyclic) bond motifs is 1. The molecule has 1 N–H and O–H groups in total. The molecule has 0 aliphatic heterocycles. The van der Waals surface area contributed by atoms with Gasteiger partial charge in [-0.15, -0.1) is 0 Å². The highest BCUT2D eigenvalue weighted by Crippen LogP contribution is 2.31. The van der Waals surface area contributed by atoms with Crippen molar-refractivity contribution in [1.29, 1.82) is 0 Å². The number of nitrogens with zero attached hydrogens (tertiary/aromatic N) is 2. The second-order valence-corrected chi connectivity index (χ2v) is 6.82. The van der Waals surface area contributed by atoms with Gasteiger partial charge in [-0.25, -0.2) is 9.97 Å². The zero-order valence-corrected chi connectivity index (χ0v) is 15.1. The molecule has 2 aromatic carbocycles. The number of anilines is 2. The van der Waals surface area contributed by atoms with Crippen molar-refractivity contribution < 1.29 is 18.0 Å². The molecule has 0 saturated carbocycles. The zero-order chi connectivity index (χ0) is 19.9. The molecule has 1 heterocycles. The maximum absolute atomic E-state index is 12.7. The molecule has 8 heteroatoms. The SMILES string of the molecule is O=C1Cc2ccc(Nc3cc(-c4ccc(C(F)(F)F)cc4)nc(Cl)n3)cc2C1. The number of nitrogens with one attached hydrogen (secondary N) is 1. The Balaban J connectivity index is 1.61. The van der Waals surface area contributed by atoms with Crippen LogP contribution in [0, 0.1) is 0 Å². The molecule has 0 spiro atoms. The molecule has 3 aromatic rings. The maximum atomic E-state index is 12.7. The number of alkyl halides is 3. The van der Waals surface area contributed by atoms with Crippen LogP contribution >= 0.6 is 11.6 Å². The Bertz CT molecular complexity index is 1070. The normalized spacial score (nSPS) is 13.5. The predicted molar refractivity (Wildman–Crippen MR) is 99.6 cm³/mol. The van der Waals surface area contributed by atoms with Crippen molar-refractivity contribution in [2.24, 2.45) is 0 Å². The van der Waals surface area contributed by atoms with Crippen molar-refractivity contribution in [3.63, 3.8) is 0 Å². The summed E-state index contributed by atoms with van der Waals surface area (Å²) in [6, 6.07) is 11.9. The van der Waals surface area contributed by atoms with E-state index in [9.17, 15) is 18.0 Å². The fourth-order valence-corrected chi connectivity index (χ4v) is 3.32. The van der Waals surface area contributed by atoms with Crippen molar-refractivity contribution in [1.82, 2.24) is 9.97 Å². The predicted octanol–water partition coefficient (Wildman–Crippen LogP) is 5.23. The lowest BCUT2D eigenvalue weighted by Gasteiger charge is -2.10. The first-order valence-electron chi connectivity index (χ1n) is 8.41. The van der Waals surface area contributed by atoms with E-state index in [0.29, 0.717) is 29.9 Å². The number of hydrogen-bond donors (Lipinski definition) is 1. The number of rotatable bonds is 3. The van der Waals surface area contributed by atoms with Crippen LogP contribution in [0.3, 0.4) is 0 Å². The Morgan fingerprint density at radius 3 is 2.36 bits per heavy atom. The molecular weight excluding hydrogens is 391 g/mol. The Labute approximate surface area is 163 Å². The zero-order valence-electron chi connectivity index (χ0n) is 14.3. The third kappa shape index (κ3) is 3.84. The Morgan fingerprint density at radius 2 is 1.64 bits per heavy atom. The molecule has 4 rings (SSSR count). The van der Waals surface area contributed by atoms with Crippen molar-refractivity contribution in [3.05, 3.63) is 70.5 Å². The van der Waals surface area contributed by atoms with Gasteiger partial charge in [0.15, 0.2) is 0 Å². The number of benzene rings is 2. The highest BCUT2D eigenvalue weighted by Gasteiger charge is 2.30. The lowest BCUT2D eigenvalue weighted by molar-refractivity contribution is -0.137. The smallest absolute Gasteiger partial charge is 0.340 e. The van der Waals surface area contributed by atoms with Gasteiger partial charge in [0.25, 0.3) is 0 Å². The number of carbonyl (C=O) groups excluding carboxylic acids is 1. The van der Waals surface area contributed by atoms with Gasteiger partial charge in [-0.2, -0.15) is 13.2 Å². The Hall–Kier alpha value is -2.93. The van der Waals surface area contributed by atoms with Crippen LogP contribution < -0.4 is 5.32 Å². The second kappa shape index (κ2) is 6.91. The third-order valence-corrected chi connectivity index (χ3v) is 4.63. The molecule has 0 radical (unpaired) electrons. The van der Waals surface area contributed by atoms with Crippen LogP contribution in [0.15, 0.2) is 48.5 Å². The standard InChI is InChI=1S/C20H13ClF3N3O/c21-19-26-17(11-1-4-14(5-2-11)20(22,23)24)10-18(27-19)25-15-6-3-12-8-16(28)9-13(12)7-15/h1-7,10H,8-9H2,(H,25,26,27). The number of hydrogen-bond acceptors (Lipinski definition) is 4. The lowest BCUT2D eigenvalue weighted by Crippen LogP contribution is -2.04. The maximum Gasteiger partial charge on any atom is 0.416 e. The fraction of sp³-hybridized carbons (Fsp3) is 0.150. The molecule has 0 saturated heterocycles. The van der Waals surface area contributed by atoms with E-state index < -0.39 is 11.7 Å². The highest BCUT2D eigenvalue weighted by atomic mass is 35.5. The quantitative estimate of drug-likeness (QED) is 0.608. The summed E-state index contributed by atoms with van der Waals surface area (Å²) >= 11 is 6.00. The van der Waals surface area contributed by atoms with Crippen LogP contribution in [-0.4, -0.2) is 15.8 Å². The highest BCUT2D eigenvalue weighted by molar-refractivity contribution is 6.28. The number of halogens is 4. The van der Waals surface area contributed by atoms with Crippen LogP contribution in [0.1, 0.15) is 16.7 Å². The molecular formula is C20H13ClF3N3O. The summed E-state index contributed by atoms with van der Waals surface area (Å²) in [5.41, 5.74) is 2.87. The molecule has 0 bridgehead atoms. The molecule has 0 unspecified atom stereocenters. The first-order valence-corrected chi connectivity index (χ1v) is 8.78. The molecule has 0 amide bonds. The minimum absolute atomic E-state index is 0.0313. The van der Waals surface area contributed by atoms with Crippen molar-refractivity contribution in [3.8, 4) is 11.3 Å². The number of Topliss-reactive ketones (excluding diaryl/α,β-unsaturated/α-hetero) is 1. The van der Waals surface area contributed by atoms with Gasteiger partial charge in [0, 0.05) is 30.2 Å². The van der Waals surface area contributed by atoms with Crippen LogP contribution in [0.2, 0.25) is 5.28 Å². The van der Waals surface area contributed by atoms with Gasteiger partial charge in [-0.05, 0) is 47.0 Å². The largest absolute Gasteiger partial charge is 0.416 e. The van der Waals surface area contributed by atoms with Crippen LogP contribution in [0.4, 0.5) is 24.7 Å². The molecule has 0 atom stereocenters. The van der Waals surface area contributed by atoms with E-state index in [4.69, 9.17) is 11.6 Å². The van der Waals surface area contributed by atoms with Crippen LogP contribution in [-0.2, 0) is 23.8 Å². The van der Waals surface area contributed by atoms with Crippen molar-refractivity contribution in [2.75, 3.05) is 5.32 Å². The summed E-state index contributed by atoms with van der Waals surface area (Å²) in [6.07, 6.45) is -3.54. The third-order valence-electron chi connectivity index (χ3n) is 4.46. The van der Waals surface area contributed by atoms with Gasteiger partial charge in [-0.1, -0.05) is 18.2 Å². The van der Waals surface area contributed by atoms with E-state index in [2.05, 4.69) is 15.3 Å². The Morgan fingerprint density at radius 1 is 0.929 bits per heavy atom. The van der Waals surface area contributed by atoms with Crippen LogP contribution in [0.25, 0.3) is 11.3 Å². The van der Waals surface area contributed by atoms with Crippen molar-refractivity contribution in [2.45, 2.75) is 19.0 Å². The molecule has 1 aromatic heterocycles. The summed E-state index contributed by atoms with van der Waals surface area (Å²) in [4.78, 5) is 19.8. The molecule has 1 aliphatic carbocycles. The summed E-state index contributed by atoms with van der Waals surface area (Å²) < 4.78 is 38.2. The van der Waals surface area contributed by atoms with Gasteiger partial charge in [0.05, 0.1) is 11.3 Å². The summed E-state index contributed by atoms with van der Waals surface area (Å²) in [5, 5.41) is 3.08. The van der Waals surface area contributed by atoms with Gasteiger partial charge < -0.3 is 5.32 Å². The van der Waals surface area contributed by atoms with E-state index in [1.807, 2.05) is 18.2 Å². The molecule has 28 heavy (non-hydrogen) atoms. The topological polar surface area (TPSA) is 54.9 Å². The average molecular weight is 404 g/mol. The second-order valence-electron chi connectivity index (χ2n) is 6.48. The van der Waals surface area contributed by atoms with E-state index >= 15 is 0 Å². The van der Waals surface area contributed by atoms with Gasteiger partial charge >= 0.3 is 6.18 Å². The summed E-state index contributed by atoms with van der Waals surface area (Å²) in [6.45, 7) is 0. The number of ketones is 1. The van der Waals surface area contributed by atoms with E-state index in [1.165, 1.54) is 12.1 Å². The molecule has 1 aliphatic rings. The van der Waals surface area contributed by atoms with Gasteiger partial charge in [-0.3, -0.25) is 4.79 Å². The average Bonchev–Trinajstić information content (AvgIpc) is 3.00. The van der Waals surface area contributed by atoms with Crippen molar-refractivity contribution >= 4 is 28.9 Å². The monoisotopic (exact) mass is 403 g/mol. The first-order chi connectivity index (χ1) is 13.3. The van der Waals surface area contributed by atoms with E-state index in [-0.39, 0.29) is 11.1 Å². The molecule has 0 fully saturated rings. The number of carbonyl (C=O) groups is 1. The molecule has 4 nitrogen and oxygen atoms in total.